The van der Waals surface area contributed by atoms with Gasteiger partial charge in [0.1, 0.15) is 12.1 Å². The summed E-state index contributed by atoms with van der Waals surface area (Å²) in [6.45, 7) is 2.08. The summed E-state index contributed by atoms with van der Waals surface area (Å²) >= 11 is 6.26. The van der Waals surface area contributed by atoms with Crippen molar-refractivity contribution < 1.29 is 0 Å². The van der Waals surface area contributed by atoms with E-state index in [1.807, 2.05) is 36.4 Å². The lowest BCUT2D eigenvalue weighted by Gasteiger charge is -2.13. The Balaban J connectivity index is 1.72. The summed E-state index contributed by atoms with van der Waals surface area (Å²) in [5.41, 5.74) is 8.28. The summed E-state index contributed by atoms with van der Waals surface area (Å²) in [5.74, 6) is 0.757. The Labute approximate surface area is 214 Å². The van der Waals surface area contributed by atoms with Gasteiger partial charge in [0.2, 0.25) is 0 Å². The zero-order valence-corrected chi connectivity index (χ0v) is 20.4. The van der Waals surface area contributed by atoms with Gasteiger partial charge >= 0.3 is 0 Å². The van der Waals surface area contributed by atoms with Gasteiger partial charge in [0.25, 0.3) is 0 Å². The second-order valence-electron chi connectivity index (χ2n) is 8.68. The van der Waals surface area contributed by atoms with E-state index < -0.39 is 0 Å². The lowest BCUT2D eigenvalue weighted by molar-refractivity contribution is 1.08. The summed E-state index contributed by atoms with van der Waals surface area (Å²) in [6.07, 6.45) is 1.62. The number of nitrogens with one attached hydrogen (secondary N) is 1. The monoisotopic (exact) mass is 486 g/mol. The molecule has 4 nitrogen and oxygen atoms in total. The highest BCUT2D eigenvalue weighted by Crippen LogP contribution is 2.44. The number of halogens is 1. The lowest BCUT2D eigenvalue weighted by Crippen LogP contribution is -2.00. The van der Waals surface area contributed by atoms with Crippen LogP contribution < -0.4 is 5.32 Å². The van der Waals surface area contributed by atoms with Gasteiger partial charge in [0, 0.05) is 22.0 Å². The SMILES string of the molecule is Cc1ccc(Nc2ncnc3c2c(-c2ccccc2)c(-c2ccccc2)n3-c2ccc(Cl)cc2)cc1. The van der Waals surface area contributed by atoms with Crippen molar-refractivity contribution in [3.05, 3.63) is 126 Å². The third-order valence-corrected chi connectivity index (χ3v) is 6.51. The number of aromatic nitrogens is 3. The lowest BCUT2D eigenvalue weighted by atomic mass is 9.98. The van der Waals surface area contributed by atoms with Crippen LogP contribution in [0.1, 0.15) is 5.56 Å². The van der Waals surface area contributed by atoms with Crippen molar-refractivity contribution in [2.45, 2.75) is 6.92 Å². The van der Waals surface area contributed by atoms with Crippen LogP contribution in [0.15, 0.2) is 116 Å². The van der Waals surface area contributed by atoms with E-state index in [0.717, 1.165) is 50.6 Å². The van der Waals surface area contributed by atoms with E-state index in [4.69, 9.17) is 21.6 Å². The Morgan fingerprint density at radius 1 is 0.694 bits per heavy atom. The van der Waals surface area contributed by atoms with Gasteiger partial charge in [-0.1, -0.05) is 90.0 Å². The molecule has 4 aromatic carbocycles. The molecule has 6 rings (SSSR count). The maximum Gasteiger partial charge on any atom is 0.151 e. The van der Waals surface area contributed by atoms with Gasteiger partial charge in [-0.05, 0) is 54.4 Å². The van der Waals surface area contributed by atoms with Crippen molar-refractivity contribution in [2.24, 2.45) is 0 Å². The first-order valence-corrected chi connectivity index (χ1v) is 12.2. The van der Waals surface area contributed by atoms with Gasteiger partial charge in [-0.15, -0.1) is 0 Å². The summed E-state index contributed by atoms with van der Waals surface area (Å²) in [4.78, 5) is 9.52. The topological polar surface area (TPSA) is 42.7 Å². The molecular weight excluding hydrogens is 464 g/mol. The van der Waals surface area contributed by atoms with Crippen LogP contribution in [0.3, 0.4) is 0 Å². The first kappa shape index (κ1) is 22.1. The molecular formula is C31H23ClN4. The molecule has 6 aromatic rings. The third kappa shape index (κ3) is 4.02. The molecule has 174 valence electrons. The molecule has 0 amide bonds. The van der Waals surface area contributed by atoms with Crippen LogP contribution >= 0.6 is 11.6 Å². The van der Waals surface area contributed by atoms with Gasteiger partial charge in [0.05, 0.1) is 11.1 Å². The maximum absolute atomic E-state index is 6.26. The second-order valence-corrected chi connectivity index (χ2v) is 9.12. The van der Waals surface area contributed by atoms with E-state index in [0.29, 0.717) is 5.02 Å². The standard InChI is InChI=1S/C31H23ClN4/c1-21-12-16-25(17-13-21)35-30-28-27(22-8-4-2-5-9-22)29(23-10-6-3-7-11-23)36(31(28)34-20-33-30)26-18-14-24(32)15-19-26/h2-20H,1H3,(H,33,34,35). The molecule has 0 saturated carbocycles. The van der Waals surface area contributed by atoms with Gasteiger partial charge in [-0.25, -0.2) is 9.97 Å². The molecule has 36 heavy (non-hydrogen) atoms. The summed E-state index contributed by atoms with van der Waals surface area (Å²) < 4.78 is 2.20. The zero-order valence-electron chi connectivity index (χ0n) is 19.7. The number of nitrogens with zero attached hydrogens (tertiary/aromatic N) is 3. The number of fused-ring (bicyclic) bond motifs is 1. The minimum absolute atomic E-state index is 0.691. The number of aryl methyl sites for hydroxylation is 1. The molecule has 0 spiro atoms. The highest BCUT2D eigenvalue weighted by Gasteiger charge is 2.25. The molecule has 0 aliphatic rings. The molecule has 5 heteroatoms. The number of hydrogen-bond donors (Lipinski definition) is 1. The first-order valence-electron chi connectivity index (χ1n) is 11.8. The Hall–Kier alpha value is -4.41. The molecule has 0 bridgehead atoms. The average Bonchev–Trinajstić information content (AvgIpc) is 3.28. The second kappa shape index (κ2) is 9.33. The summed E-state index contributed by atoms with van der Waals surface area (Å²) in [5, 5.41) is 5.20. The van der Waals surface area contributed by atoms with Crippen LogP contribution in [0.25, 0.3) is 39.1 Å². The average molecular weight is 487 g/mol. The van der Waals surface area contributed by atoms with Crippen molar-refractivity contribution >= 4 is 34.1 Å². The van der Waals surface area contributed by atoms with Crippen molar-refractivity contribution in [3.8, 4) is 28.1 Å². The molecule has 2 aromatic heterocycles. The predicted octanol–water partition coefficient (Wildman–Crippen LogP) is 8.46. The zero-order chi connectivity index (χ0) is 24.5. The highest BCUT2D eigenvalue weighted by atomic mass is 35.5. The summed E-state index contributed by atoms with van der Waals surface area (Å²) in [7, 11) is 0. The van der Waals surface area contributed by atoms with E-state index in [1.165, 1.54) is 5.56 Å². The molecule has 0 radical (unpaired) electrons. The maximum atomic E-state index is 6.26. The molecule has 0 fully saturated rings. The van der Waals surface area contributed by atoms with Gasteiger partial charge < -0.3 is 5.32 Å². The number of benzene rings is 4. The van der Waals surface area contributed by atoms with Crippen molar-refractivity contribution in [3.63, 3.8) is 0 Å². The number of rotatable bonds is 5. The number of anilines is 2. The van der Waals surface area contributed by atoms with E-state index in [1.54, 1.807) is 6.33 Å². The van der Waals surface area contributed by atoms with E-state index in [9.17, 15) is 0 Å². The Kier molecular flexibility index (Phi) is 5.72. The quantitative estimate of drug-likeness (QED) is 0.266. The van der Waals surface area contributed by atoms with Crippen LogP contribution in [-0.4, -0.2) is 14.5 Å². The first-order chi connectivity index (χ1) is 17.7. The minimum atomic E-state index is 0.691. The van der Waals surface area contributed by atoms with E-state index in [-0.39, 0.29) is 0 Å². The van der Waals surface area contributed by atoms with Crippen LogP contribution in [0.5, 0.6) is 0 Å². The van der Waals surface area contributed by atoms with Crippen molar-refractivity contribution in [1.82, 2.24) is 14.5 Å². The Morgan fingerprint density at radius 3 is 2.00 bits per heavy atom. The highest BCUT2D eigenvalue weighted by molar-refractivity contribution is 6.30. The van der Waals surface area contributed by atoms with Crippen LogP contribution in [-0.2, 0) is 0 Å². The van der Waals surface area contributed by atoms with Crippen LogP contribution in [0.2, 0.25) is 5.02 Å². The van der Waals surface area contributed by atoms with Gasteiger partial charge in [0.15, 0.2) is 5.65 Å². The Morgan fingerprint density at radius 2 is 1.33 bits per heavy atom. The molecule has 0 saturated heterocycles. The van der Waals surface area contributed by atoms with Crippen molar-refractivity contribution in [1.29, 1.82) is 0 Å². The van der Waals surface area contributed by atoms with Gasteiger partial charge in [-0.3, -0.25) is 4.57 Å². The predicted molar refractivity (Wildman–Crippen MR) is 149 cm³/mol. The van der Waals surface area contributed by atoms with Gasteiger partial charge in [-0.2, -0.15) is 0 Å². The number of hydrogen-bond acceptors (Lipinski definition) is 3. The molecule has 0 aliphatic heterocycles. The fourth-order valence-electron chi connectivity index (χ4n) is 4.58. The third-order valence-electron chi connectivity index (χ3n) is 6.26. The normalized spacial score (nSPS) is 11.1. The summed E-state index contributed by atoms with van der Waals surface area (Å²) in [6, 6.07) is 37.0. The van der Waals surface area contributed by atoms with Crippen LogP contribution in [0, 0.1) is 6.92 Å². The molecule has 0 aliphatic carbocycles. The fraction of sp³-hybridized carbons (Fsp3) is 0.0323. The van der Waals surface area contributed by atoms with Crippen LogP contribution in [0.4, 0.5) is 11.5 Å². The van der Waals surface area contributed by atoms with E-state index in [2.05, 4.69) is 89.6 Å². The molecule has 0 unspecified atom stereocenters. The fourth-order valence-corrected chi connectivity index (χ4v) is 4.70. The molecule has 1 N–H and O–H groups in total. The minimum Gasteiger partial charge on any atom is -0.340 e. The largest absolute Gasteiger partial charge is 0.340 e. The Bertz CT molecular complexity index is 1640. The van der Waals surface area contributed by atoms with Crippen molar-refractivity contribution in [2.75, 3.05) is 5.32 Å². The smallest absolute Gasteiger partial charge is 0.151 e. The van der Waals surface area contributed by atoms with E-state index >= 15 is 0 Å². The molecule has 0 atom stereocenters. The molecule has 2 heterocycles.